The molecule has 5 rings (SSSR count). The van der Waals surface area contributed by atoms with E-state index in [1.807, 2.05) is 7.05 Å². The molecular weight excluding hydrogens is 394 g/mol. The zero-order chi connectivity index (χ0) is 22.0. The molecule has 2 aliphatic heterocycles. The maximum atomic E-state index is 12.4. The molecule has 0 radical (unpaired) electrons. The van der Waals surface area contributed by atoms with Gasteiger partial charge in [-0.1, -0.05) is 24.3 Å². The van der Waals surface area contributed by atoms with E-state index < -0.39 is 11.6 Å². The van der Waals surface area contributed by atoms with Crippen LogP contribution in [-0.4, -0.2) is 63.0 Å². The summed E-state index contributed by atoms with van der Waals surface area (Å²) < 4.78 is 5.33. The number of guanidine groups is 1. The van der Waals surface area contributed by atoms with Crippen molar-refractivity contribution in [3.8, 4) is 11.8 Å². The smallest absolute Gasteiger partial charge is 0.296 e. The van der Waals surface area contributed by atoms with Gasteiger partial charge >= 0.3 is 0 Å². The molecule has 2 heterocycles. The first-order valence-corrected chi connectivity index (χ1v) is 11.5. The molecule has 1 saturated heterocycles. The Morgan fingerprint density at radius 2 is 2.29 bits per heavy atom. The van der Waals surface area contributed by atoms with Gasteiger partial charge in [-0.25, -0.2) is 4.99 Å². The Kier molecular flexibility index (Phi) is 4.78. The highest BCUT2D eigenvalue weighted by Crippen LogP contribution is 2.76. The zero-order valence-corrected chi connectivity index (χ0v) is 18.7. The third kappa shape index (κ3) is 2.59. The minimum atomic E-state index is -1.50. The Morgan fingerprint density at radius 1 is 1.48 bits per heavy atom. The summed E-state index contributed by atoms with van der Waals surface area (Å²) >= 11 is 0. The fraction of sp³-hybridized carbons (Fsp3) is 0.750. The lowest BCUT2D eigenvalue weighted by molar-refractivity contribution is -0.827. The summed E-state index contributed by atoms with van der Waals surface area (Å²) in [6, 6.07) is 0. The Morgan fingerprint density at radius 3 is 3.00 bits per heavy atom. The van der Waals surface area contributed by atoms with Gasteiger partial charge in [0.2, 0.25) is 0 Å². The van der Waals surface area contributed by atoms with E-state index in [1.54, 1.807) is 0 Å². The van der Waals surface area contributed by atoms with Gasteiger partial charge in [-0.2, -0.15) is 0 Å². The van der Waals surface area contributed by atoms with E-state index in [1.165, 1.54) is 12.0 Å². The minimum absolute atomic E-state index is 0.0158. The average molecular weight is 428 g/mol. The number of hydrogen-bond donors (Lipinski definition) is 3. The average Bonchev–Trinajstić information content (AvgIpc) is 3.08. The first kappa shape index (κ1) is 21.0. The monoisotopic (exact) mass is 427 g/mol. The largest absolute Gasteiger partial charge is 0.545 e. The van der Waals surface area contributed by atoms with Crippen molar-refractivity contribution in [2.24, 2.45) is 33.6 Å². The van der Waals surface area contributed by atoms with Crippen molar-refractivity contribution in [3.05, 3.63) is 11.1 Å². The van der Waals surface area contributed by atoms with Crippen LogP contribution in [0.25, 0.3) is 0 Å². The van der Waals surface area contributed by atoms with Crippen molar-refractivity contribution in [3.63, 3.8) is 0 Å². The number of fused-ring (bicyclic) bond motifs is 1. The molecule has 0 amide bonds. The lowest BCUT2D eigenvalue weighted by atomic mass is 9.46. The highest BCUT2D eigenvalue weighted by molar-refractivity contribution is 5.90. The van der Waals surface area contributed by atoms with Crippen LogP contribution in [0.1, 0.15) is 39.0 Å². The van der Waals surface area contributed by atoms with E-state index in [-0.39, 0.29) is 34.8 Å². The third-order valence-corrected chi connectivity index (χ3v) is 9.24. The quantitative estimate of drug-likeness (QED) is 0.488. The number of aliphatic imine (C=N–C) groups is 1. The summed E-state index contributed by atoms with van der Waals surface area (Å²) in [7, 11) is 3.34. The van der Waals surface area contributed by atoms with Crippen molar-refractivity contribution in [1.82, 2.24) is 5.32 Å². The maximum Gasteiger partial charge on any atom is 0.296 e. The van der Waals surface area contributed by atoms with Gasteiger partial charge in [0.25, 0.3) is 5.96 Å². The van der Waals surface area contributed by atoms with E-state index >= 15 is 0 Å². The standard InChI is InChI=1S/C24H33N3O4/c1-15-10-16-6-4-8-26-21(25-2)27-9-5-7-22(13-27)17(16)11-18-19(20(28)29)23(30,14-31-3)12-24(15,18)22/h15-17,30H,5,7-14H2,1-3H3,(H,25,26)(H,28,29). The van der Waals surface area contributed by atoms with Crippen molar-refractivity contribution in [2.75, 3.05) is 40.4 Å². The summed E-state index contributed by atoms with van der Waals surface area (Å²) in [5.41, 5.74) is -0.941. The zero-order valence-electron chi connectivity index (χ0n) is 18.7. The fourth-order valence-electron chi connectivity index (χ4n) is 8.48. The molecule has 7 heteroatoms. The number of hydrogen-bond acceptors (Lipinski definition) is 5. The van der Waals surface area contributed by atoms with Crippen LogP contribution in [-0.2, 0) is 9.53 Å². The molecular formula is C24H33N3O4. The number of rotatable bonds is 3. The van der Waals surface area contributed by atoms with Gasteiger partial charge in [-0.15, -0.1) is 0 Å². The Bertz CT molecular complexity index is 933. The third-order valence-electron chi connectivity index (χ3n) is 9.24. The molecule has 3 fully saturated rings. The molecule has 7 unspecified atom stereocenters. The van der Waals surface area contributed by atoms with Gasteiger partial charge in [0, 0.05) is 36.5 Å². The lowest BCUT2D eigenvalue weighted by Crippen LogP contribution is -3.19. The number of aliphatic hydroxyl groups is 1. The number of nitrogens with zero attached hydrogens (tertiary/aromatic N) is 1. The second-order valence-corrected chi connectivity index (χ2v) is 10.3. The van der Waals surface area contributed by atoms with E-state index in [2.05, 4.69) is 29.1 Å². The molecule has 7 atom stereocenters. The van der Waals surface area contributed by atoms with Gasteiger partial charge < -0.3 is 25.1 Å². The summed E-state index contributed by atoms with van der Waals surface area (Å²) in [5, 5.41) is 27.4. The summed E-state index contributed by atoms with van der Waals surface area (Å²) in [5.74, 6) is 7.36. The van der Waals surface area contributed by atoms with Crippen LogP contribution < -0.4 is 15.3 Å². The number of methoxy groups -OCH3 is 1. The molecule has 5 bridgehead atoms. The molecule has 168 valence electrons. The predicted molar refractivity (Wildman–Crippen MR) is 113 cm³/mol. The Labute approximate surface area is 183 Å². The summed E-state index contributed by atoms with van der Waals surface area (Å²) in [6.07, 6.45) is 4.13. The van der Waals surface area contributed by atoms with E-state index in [0.717, 1.165) is 43.9 Å². The minimum Gasteiger partial charge on any atom is -0.545 e. The van der Waals surface area contributed by atoms with Gasteiger partial charge in [-0.3, -0.25) is 4.90 Å². The van der Waals surface area contributed by atoms with Crippen LogP contribution in [0.2, 0.25) is 0 Å². The molecule has 7 nitrogen and oxygen atoms in total. The van der Waals surface area contributed by atoms with E-state index in [0.29, 0.717) is 25.3 Å². The number of carbonyl (C=O) groups excluding carboxylic acids is 1. The molecule has 3 N–H and O–H groups in total. The predicted octanol–water partition coefficient (Wildman–Crippen LogP) is -1.27. The molecule has 2 spiro atoms. The second kappa shape index (κ2) is 7.06. The molecule has 3 aliphatic carbocycles. The number of aliphatic carboxylic acids is 1. The maximum absolute atomic E-state index is 12.4. The molecule has 2 saturated carbocycles. The Hall–Kier alpha value is -1.88. The number of carboxylic acid groups (broad SMARTS) is 1. The van der Waals surface area contributed by atoms with Crippen LogP contribution in [0.5, 0.6) is 0 Å². The van der Waals surface area contributed by atoms with Crippen molar-refractivity contribution in [1.29, 1.82) is 0 Å². The topological polar surface area (TPSA) is 98.4 Å². The van der Waals surface area contributed by atoms with Crippen LogP contribution in [0.15, 0.2) is 16.1 Å². The Balaban J connectivity index is 1.75. The SMILES string of the molecule is CN=C1NCC#CC2CC(C)C34CC(O)(COC)C(C(=O)[O-])=C3CC2C42CCC[NH+]1C2. The van der Waals surface area contributed by atoms with Gasteiger partial charge in [0.15, 0.2) is 0 Å². The fourth-order valence-corrected chi connectivity index (χ4v) is 8.48. The van der Waals surface area contributed by atoms with Crippen LogP contribution >= 0.6 is 0 Å². The number of ether oxygens (including phenoxy) is 1. The number of carbonyl (C=O) groups is 1. The van der Waals surface area contributed by atoms with Crippen molar-refractivity contribution in [2.45, 2.75) is 44.6 Å². The highest BCUT2D eigenvalue weighted by Gasteiger charge is 2.75. The molecule has 31 heavy (non-hydrogen) atoms. The first-order chi connectivity index (χ1) is 14.8. The molecule has 0 aromatic heterocycles. The van der Waals surface area contributed by atoms with Crippen molar-refractivity contribution < 1.29 is 24.6 Å². The van der Waals surface area contributed by atoms with E-state index in [4.69, 9.17) is 4.74 Å². The number of quaternary nitrogens is 1. The number of carboxylic acids is 1. The van der Waals surface area contributed by atoms with Crippen LogP contribution in [0.4, 0.5) is 0 Å². The van der Waals surface area contributed by atoms with E-state index in [9.17, 15) is 15.0 Å². The number of nitrogens with one attached hydrogen (secondary N) is 2. The number of allylic oxidation sites excluding steroid dienone is 1. The molecule has 5 aliphatic rings. The van der Waals surface area contributed by atoms with Gasteiger partial charge in [0.1, 0.15) is 5.60 Å². The summed E-state index contributed by atoms with van der Waals surface area (Å²) in [4.78, 5) is 18.2. The van der Waals surface area contributed by atoms with Gasteiger partial charge in [0.05, 0.1) is 32.2 Å². The molecule has 0 aromatic carbocycles. The normalized spacial score (nSPS) is 46.8. The second-order valence-electron chi connectivity index (χ2n) is 10.3. The van der Waals surface area contributed by atoms with Crippen LogP contribution in [0, 0.1) is 40.4 Å². The highest BCUT2D eigenvalue weighted by atomic mass is 16.5. The lowest BCUT2D eigenvalue weighted by Gasteiger charge is -2.58. The molecule has 0 aromatic rings. The van der Waals surface area contributed by atoms with Crippen LogP contribution in [0.3, 0.4) is 0 Å². The first-order valence-electron chi connectivity index (χ1n) is 11.5. The van der Waals surface area contributed by atoms with Gasteiger partial charge in [-0.05, 0) is 43.9 Å². The number of piperidine rings is 1. The van der Waals surface area contributed by atoms with Crippen molar-refractivity contribution >= 4 is 11.9 Å². The summed E-state index contributed by atoms with van der Waals surface area (Å²) in [6.45, 7) is 4.72.